The molecule has 18 heavy (non-hydrogen) atoms. The van der Waals surface area contributed by atoms with Crippen LogP contribution in [-0.4, -0.2) is 14.8 Å². The van der Waals surface area contributed by atoms with Gasteiger partial charge in [-0.3, -0.25) is 0 Å². The summed E-state index contributed by atoms with van der Waals surface area (Å²) in [5, 5.41) is 10.1. The molecule has 1 fully saturated rings. The molecule has 0 amide bonds. The highest BCUT2D eigenvalue weighted by Crippen LogP contribution is 2.37. The number of nitrogens with zero attached hydrogens (tertiary/aromatic N) is 3. The molecule has 3 rings (SSSR count). The lowest BCUT2D eigenvalue weighted by Crippen LogP contribution is -2.05. The fourth-order valence-corrected chi connectivity index (χ4v) is 2.62. The summed E-state index contributed by atoms with van der Waals surface area (Å²) in [4.78, 5) is 0. The normalized spacial score (nSPS) is 15.0. The van der Waals surface area contributed by atoms with Gasteiger partial charge < -0.3 is 4.57 Å². The van der Waals surface area contributed by atoms with Crippen molar-refractivity contribution < 1.29 is 0 Å². The highest BCUT2D eigenvalue weighted by Gasteiger charge is 2.28. The molecule has 1 aliphatic rings. The third-order valence-electron chi connectivity index (χ3n) is 3.14. The largest absolute Gasteiger partial charge is 0.311 e. The minimum atomic E-state index is 0.606. The van der Waals surface area contributed by atoms with Crippen molar-refractivity contribution in [3.8, 4) is 0 Å². The Morgan fingerprint density at radius 1 is 1.17 bits per heavy atom. The van der Waals surface area contributed by atoms with Crippen LogP contribution >= 0.6 is 27.5 Å². The summed E-state index contributed by atoms with van der Waals surface area (Å²) < 4.78 is 2.28. The number of hydrogen-bond acceptors (Lipinski definition) is 2. The zero-order valence-corrected chi connectivity index (χ0v) is 12.2. The summed E-state index contributed by atoms with van der Waals surface area (Å²) in [7, 11) is 0. The van der Waals surface area contributed by atoms with Gasteiger partial charge in [0.2, 0.25) is 0 Å². The van der Waals surface area contributed by atoms with Crippen LogP contribution in [0.2, 0.25) is 5.02 Å². The van der Waals surface area contributed by atoms with Gasteiger partial charge in [-0.2, -0.15) is 0 Å². The van der Waals surface area contributed by atoms with Gasteiger partial charge in [-0.05, 0) is 30.5 Å². The summed E-state index contributed by atoms with van der Waals surface area (Å²) in [5.74, 6) is 2.08. The average molecular weight is 327 g/mol. The van der Waals surface area contributed by atoms with Crippen LogP contribution < -0.4 is 0 Å². The van der Waals surface area contributed by atoms with Gasteiger partial charge in [0.25, 0.3) is 0 Å². The summed E-state index contributed by atoms with van der Waals surface area (Å²) in [6.45, 7) is 0. The monoisotopic (exact) mass is 325 g/mol. The van der Waals surface area contributed by atoms with E-state index in [-0.39, 0.29) is 0 Å². The number of halogens is 2. The molecule has 1 aromatic carbocycles. The predicted octanol–water partition coefficient (Wildman–Crippen LogP) is 3.75. The van der Waals surface area contributed by atoms with E-state index in [2.05, 4.69) is 30.7 Å². The number of rotatable bonds is 4. The standard InChI is InChI=1S/C13H13BrClN3/c14-8-13-17-16-12(18(13)11-5-6-11)7-9-1-3-10(15)4-2-9/h1-4,11H,5-8H2. The van der Waals surface area contributed by atoms with Crippen LogP contribution in [0.1, 0.15) is 36.1 Å². The van der Waals surface area contributed by atoms with Crippen molar-refractivity contribution in [3.05, 3.63) is 46.5 Å². The van der Waals surface area contributed by atoms with Crippen molar-refractivity contribution in [3.63, 3.8) is 0 Å². The first kappa shape index (κ1) is 12.2. The molecular formula is C13H13BrClN3. The Hall–Kier alpha value is -0.870. The highest BCUT2D eigenvalue weighted by molar-refractivity contribution is 9.08. The molecule has 0 aliphatic heterocycles. The molecule has 1 aliphatic carbocycles. The second-order valence-electron chi connectivity index (χ2n) is 4.57. The summed E-state index contributed by atoms with van der Waals surface area (Å²) >= 11 is 9.37. The van der Waals surface area contributed by atoms with Gasteiger partial charge >= 0.3 is 0 Å². The molecule has 1 aromatic heterocycles. The van der Waals surface area contributed by atoms with Crippen molar-refractivity contribution in [1.82, 2.24) is 14.8 Å². The fraction of sp³-hybridized carbons (Fsp3) is 0.385. The van der Waals surface area contributed by atoms with Crippen molar-refractivity contribution in [1.29, 1.82) is 0 Å². The maximum Gasteiger partial charge on any atom is 0.143 e. The van der Waals surface area contributed by atoms with Crippen molar-refractivity contribution >= 4 is 27.5 Å². The zero-order chi connectivity index (χ0) is 12.5. The first-order valence-corrected chi connectivity index (χ1v) is 7.51. The SMILES string of the molecule is Clc1ccc(Cc2nnc(CBr)n2C2CC2)cc1. The Labute approximate surface area is 119 Å². The van der Waals surface area contributed by atoms with Gasteiger partial charge in [0.1, 0.15) is 11.6 Å². The molecule has 0 atom stereocenters. The number of benzene rings is 1. The molecule has 94 valence electrons. The minimum Gasteiger partial charge on any atom is -0.311 e. The topological polar surface area (TPSA) is 30.7 Å². The van der Waals surface area contributed by atoms with Crippen molar-refractivity contribution in [2.75, 3.05) is 0 Å². The molecule has 3 nitrogen and oxygen atoms in total. The Kier molecular flexibility index (Phi) is 3.39. The Morgan fingerprint density at radius 2 is 1.83 bits per heavy atom. The fourth-order valence-electron chi connectivity index (χ4n) is 2.11. The summed E-state index contributed by atoms with van der Waals surface area (Å²) in [6.07, 6.45) is 3.30. The second-order valence-corrected chi connectivity index (χ2v) is 5.57. The van der Waals surface area contributed by atoms with E-state index in [4.69, 9.17) is 11.6 Å². The van der Waals surface area contributed by atoms with Gasteiger partial charge in [0.15, 0.2) is 0 Å². The van der Waals surface area contributed by atoms with Crippen LogP contribution in [0.5, 0.6) is 0 Å². The van der Waals surface area contributed by atoms with Crippen LogP contribution in [-0.2, 0) is 11.8 Å². The lowest BCUT2D eigenvalue weighted by atomic mass is 10.1. The second kappa shape index (κ2) is 5.02. The van der Waals surface area contributed by atoms with Gasteiger partial charge in [0.05, 0.1) is 5.33 Å². The lowest BCUT2D eigenvalue weighted by molar-refractivity contribution is 0.671. The van der Waals surface area contributed by atoms with E-state index in [9.17, 15) is 0 Å². The Bertz CT molecular complexity index is 546. The first-order valence-electron chi connectivity index (χ1n) is 6.01. The smallest absolute Gasteiger partial charge is 0.143 e. The lowest BCUT2D eigenvalue weighted by Gasteiger charge is -2.07. The zero-order valence-electron chi connectivity index (χ0n) is 9.81. The van der Waals surface area contributed by atoms with Crippen LogP contribution in [0.4, 0.5) is 0 Å². The number of alkyl halides is 1. The van der Waals surface area contributed by atoms with Crippen molar-refractivity contribution in [2.24, 2.45) is 0 Å². The molecule has 1 heterocycles. The molecule has 0 bridgehead atoms. The molecule has 1 saturated carbocycles. The third kappa shape index (κ3) is 2.45. The molecule has 0 N–H and O–H groups in total. The Morgan fingerprint density at radius 3 is 2.44 bits per heavy atom. The molecule has 0 spiro atoms. The molecule has 5 heteroatoms. The average Bonchev–Trinajstić information content (AvgIpc) is 3.14. The maximum absolute atomic E-state index is 5.89. The molecule has 0 unspecified atom stereocenters. The molecule has 2 aromatic rings. The number of aromatic nitrogens is 3. The van der Waals surface area contributed by atoms with E-state index in [0.717, 1.165) is 28.4 Å². The van der Waals surface area contributed by atoms with Gasteiger partial charge in [-0.1, -0.05) is 39.7 Å². The van der Waals surface area contributed by atoms with Crippen molar-refractivity contribution in [2.45, 2.75) is 30.6 Å². The minimum absolute atomic E-state index is 0.606. The number of hydrogen-bond donors (Lipinski definition) is 0. The summed E-state index contributed by atoms with van der Waals surface area (Å²) in [6, 6.07) is 8.53. The van der Waals surface area contributed by atoms with Crippen LogP contribution in [0, 0.1) is 0 Å². The maximum atomic E-state index is 5.89. The van der Waals surface area contributed by atoms with E-state index in [1.54, 1.807) is 0 Å². The van der Waals surface area contributed by atoms with Crippen LogP contribution in [0.15, 0.2) is 24.3 Å². The third-order valence-corrected chi connectivity index (χ3v) is 3.90. The highest BCUT2D eigenvalue weighted by atomic mass is 79.9. The van der Waals surface area contributed by atoms with Crippen LogP contribution in [0.25, 0.3) is 0 Å². The van der Waals surface area contributed by atoms with E-state index in [0.29, 0.717) is 6.04 Å². The van der Waals surface area contributed by atoms with E-state index in [1.165, 1.54) is 18.4 Å². The first-order chi connectivity index (χ1) is 8.78. The van der Waals surface area contributed by atoms with Crippen LogP contribution in [0.3, 0.4) is 0 Å². The quantitative estimate of drug-likeness (QED) is 0.801. The van der Waals surface area contributed by atoms with Gasteiger partial charge in [-0.25, -0.2) is 0 Å². The van der Waals surface area contributed by atoms with E-state index in [1.807, 2.05) is 24.3 Å². The molecular weight excluding hydrogens is 314 g/mol. The predicted molar refractivity (Wildman–Crippen MR) is 75.2 cm³/mol. The van der Waals surface area contributed by atoms with Gasteiger partial charge in [-0.15, -0.1) is 10.2 Å². The summed E-state index contributed by atoms with van der Waals surface area (Å²) in [5.41, 5.74) is 1.22. The molecule has 0 saturated heterocycles. The molecule has 0 radical (unpaired) electrons. The van der Waals surface area contributed by atoms with Gasteiger partial charge in [0, 0.05) is 17.5 Å². The van der Waals surface area contributed by atoms with E-state index < -0.39 is 0 Å². The van der Waals surface area contributed by atoms with E-state index >= 15 is 0 Å². The Balaban J connectivity index is 1.88.